The molecule has 0 radical (unpaired) electrons. The molecule has 0 unspecified atom stereocenters. The summed E-state index contributed by atoms with van der Waals surface area (Å²) in [5, 5.41) is 0. The van der Waals surface area contributed by atoms with Crippen molar-refractivity contribution in [3.05, 3.63) is 34.6 Å². The predicted octanol–water partition coefficient (Wildman–Crippen LogP) is 5.31. The van der Waals surface area contributed by atoms with Crippen molar-refractivity contribution in [3.8, 4) is 0 Å². The monoisotopic (exact) mass is 386 g/mol. The van der Waals surface area contributed by atoms with E-state index >= 15 is 0 Å². The third-order valence-electron chi connectivity index (χ3n) is 2.74. The van der Waals surface area contributed by atoms with Gasteiger partial charge in [-0.15, -0.1) is 0 Å². The van der Waals surface area contributed by atoms with Crippen LogP contribution in [0.2, 0.25) is 0 Å². The number of halogens is 14. The van der Waals surface area contributed by atoms with Crippen LogP contribution in [0.25, 0.3) is 0 Å². The van der Waals surface area contributed by atoms with Crippen LogP contribution in [0.15, 0.2) is 0 Å². The Morgan fingerprint density at radius 1 is 0.417 bits per heavy atom. The summed E-state index contributed by atoms with van der Waals surface area (Å²) in [7, 11) is 0. The second-order valence-corrected chi connectivity index (χ2v) is 4.17. The van der Waals surface area contributed by atoms with Gasteiger partial charge in [0.1, 0.15) is 5.56 Å². The van der Waals surface area contributed by atoms with Crippen LogP contribution in [-0.4, -0.2) is 18.0 Å². The molecule has 0 spiro atoms. The lowest BCUT2D eigenvalue weighted by Crippen LogP contribution is -2.63. The largest absolute Gasteiger partial charge is 0.438 e. The maximum Gasteiger partial charge on any atom is 0.438 e. The van der Waals surface area contributed by atoms with Crippen molar-refractivity contribution in [1.82, 2.24) is 0 Å². The fourth-order valence-electron chi connectivity index (χ4n) is 1.57. The molecule has 0 aliphatic rings. The zero-order valence-corrected chi connectivity index (χ0v) is 10.3. The van der Waals surface area contributed by atoms with Crippen molar-refractivity contribution in [2.75, 3.05) is 0 Å². The summed E-state index contributed by atoms with van der Waals surface area (Å²) < 4.78 is 178. The normalized spacial score (nSPS) is 14.2. The summed E-state index contributed by atoms with van der Waals surface area (Å²) >= 11 is 0. The molecule has 0 aliphatic heterocycles. The third kappa shape index (κ3) is 2.46. The zero-order valence-electron chi connectivity index (χ0n) is 10.3. The molecule has 0 N–H and O–H groups in total. The van der Waals surface area contributed by atoms with Gasteiger partial charge >= 0.3 is 23.9 Å². The summed E-state index contributed by atoms with van der Waals surface area (Å²) in [6.07, 6.45) is -15.0. The first-order chi connectivity index (χ1) is 10.4. The van der Waals surface area contributed by atoms with Crippen molar-refractivity contribution in [2.24, 2.45) is 0 Å². The van der Waals surface area contributed by atoms with E-state index in [-0.39, 0.29) is 0 Å². The minimum atomic E-state index is -7.63. The van der Waals surface area contributed by atoms with E-state index in [4.69, 9.17) is 0 Å². The fourth-order valence-corrected chi connectivity index (χ4v) is 1.57. The molecule has 0 nitrogen and oxygen atoms in total. The third-order valence-corrected chi connectivity index (χ3v) is 2.74. The lowest BCUT2D eigenvalue weighted by atomic mass is 9.89. The van der Waals surface area contributed by atoms with Gasteiger partial charge in [0.25, 0.3) is 0 Å². The maximum absolute atomic E-state index is 13.5. The Hall–Kier alpha value is -1.76. The minimum absolute atomic E-state index is 3.15. The molecule has 0 saturated carbocycles. The fraction of sp³-hybridized carbons (Fsp3) is 0.400. The first-order valence-corrected chi connectivity index (χ1v) is 5.15. The molecule has 0 atom stereocenters. The van der Waals surface area contributed by atoms with E-state index in [9.17, 15) is 61.5 Å². The highest BCUT2D eigenvalue weighted by molar-refractivity contribution is 5.32. The molecule has 0 amide bonds. The Balaban J connectivity index is 3.97. The molecule has 0 heterocycles. The second kappa shape index (κ2) is 5.37. The summed E-state index contributed by atoms with van der Waals surface area (Å²) in [6.45, 7) is 0. The van der Waals surface area contributed by atoms with Crippen LogP contribution >= 0.6 is 0 Å². The lowest BCUT2D eigenvalue weighted by Gasteiger charge is -2.36. The Bertz CT molecular complexity index is 608. The van der Waals surface area contributed by atoms with Crippen LogP contribution < -0.4 is 0 Å². The molecule has 1 aromatic carbocycles. The van der Waals surface area contributed by atoms with Gasteiger partial charge in [-0.25, -0.2) is 26.3 Å². The molecule has 0 saturated heterocycles. The van der Waals surface area contributed by atoms with Crippen molar-refractivity contribution < 1.29 is 61.5 Å². The molecule has 138 valence electrons. The SMILES string of the molecule is Fc1c(F)c(F)c(C(F)(F)C(F)(C(F)(F)F)C(F)(F)F)c(F)c1F. The summed E-state index contributed by atoms with van der Waals surface area (Å²) in [4.78, 5) is 0. The molecular formula is C10F14. The van der Waals surface area contributed by atoms with E-state index in [1.165, 1.54) is 0 Å². The van der Waals surface area contributed by atoms with Crippen molar-refractivity contribution in [1.29, 1.82) is 0 Å². The van der Waals surface area contributed by atoms with Gasteiger partial charge in [0, 0.05) is 0 Å². The van der Waals surface area contributed by atoms with Gasteiger partial charge in [0.05, 0.1) is 0 Å². The lowest BCUT2D eigenvalue weighted by molar-refractivity contribution is -0.401. The molecular weight excluding hydrogens is 386 g/mol. The van der Waals surface area contributed by atoms with E-state index < -0.39 is 58.6 Å². The first kappa shape index (κ1) is 20.3. The van der Waals surface area contributed by atoms with Crippen LogP contribution in [0.1, 0.15) is 5.56 Å². The topological polar surface area (TPSA) is 0 Å². The van der Waals surface area contributed by atoms with Gasteiger partial charge in [-0.05, 0) is 0 Å². The molecule has 0 fully saturated rings. The minimum Gasteiger partial charge on any atom is -0.216 e. The van der Waals surface area contributed by atoms with E-state index in [2.05, 4.69) is 0 Å². The Morgan fingerprint density at radius 3 is 0.917 bits per heavy atom. The highest BCUT2D eigenvalue weighted by Gasteiger charge is 2.85. The quantitative estimate of drug-likeness (QED) is 0.367. The number of hydrogen-bond acceptors (Lipinski definition) is 0. The molecule has 0 aromatic heterocycles. The van der Waals surface area contributed by atoms with E-state index in [0.29, 0.717) is 0 Å². The number of benzene rings is 1. The van der Waals surface area contributed by atoms with Gasteiger partial charge in [0.15, 0.2) is 23.3 Å². The molecule has 14 heteroatoms. The molecule has 1 aromatic rings. The zero-order chi connectivity index (χ0) is 19.5. The van der Waals surface area contributed by atoms with E-state index in [1.807, 2.05) is 0 Å². The van der Waals surface area contributed by atoms with Crippen LogP contribution in [0.4, 0.5) is 61.5 Å². The standard InChI is InChI=1S/C10F14/c11-2-1(3(12)5(14)6(15)4(2)13)7(16,17)8(18,9(19,20)21)10(22,23)24. The average Bonchev–Trinajstić information content (AvgIpc) is 2.39. The van der Waals surface area contributed by atoms with Crippen molar-refractivity contribution in [2.45, 2.75) is 23.9 Å². The van der Waals surface area contributed by atoms with Gasteiger partial charge in [-0.3, -0.25) is 0 Å². The highest BCUT2D eigenvalue weighted by Crippen LogP contribution is 2.59. The predicted molar refractivity (Wildman–Crippen MR) is 46.1 cm³/mol. The van der Waals surface area contributed by atoms with Crippen LogP contribution in [0.3, 0.4) is 0 Å². The van der Waals surface area contributed by atoms with E-state index in [0.717, 1.165) is 0 Å². The summed E-state index contributed by atoms with van der Waals surface area (Å²) in [5.41, 5.74) is -11.5. The number of rotatable bonds is 2. The van der Waals surface area contributed by atoms with Crippen LogP contribution in [0.5, 0.6) is 0 Å². The second-order valence-electron chi connectivity index (χ2n) is 4.17. The van der Waals surface area contributed by atoms with Crippen molar-refractivity contribution >= 4 is 0 Å². The van der Waals surface area contributed by atoms with Gasteiger partial charge in [-0.2, -0.15) is 35.1 Å². The number of hydrogen-bond donors (Lipinski definition) is 0. The molecule has 1 rings (SSSR count). The smallest absolute Gasteiger partial charge is 0.216 e. The van der Waals surface area contributed by atoms with Crippen molar-refractivity contribution in [3.63, 3.8) is 0 Å². The van der Waals surface area contributed by atoms with Gasteiger partial charge < -0.3 is 0 Å². The van der Waals surface area contributed by atoms with Gasteiger partial charge in [-0.1, -0.05) is 0 Å². The average molecular weight is 386 g/mol. The van der Waals surface area contributed by atoms with E-state index in [1.54, 1.807) is 0 Å². The van der Waals surface area contributed by atoms with Crippen LogP contribution in [0, 0.1) is 29.1 Å². The Kier molecular flexibility index (Phi) is 4.54. The molecule has 24 heavy (non-hydrogen) atoms. The maximum atomic E-state index is 13.5. The Labute approximate surface area is 121 Å². The Morgan fingerprint density at radius 2 is 0.667 bits per heavy atom. The summed E-state index contributed by atoms with van der Waals surface area (Å²) in [6, 6.07) is 0. The first-order valence-electron chi connectivity index (χ1n) is 5.15. The number of alkyl halides is 9. The van der Waals surface area contributed by atoms with Gasteiger partial charge in [0.2, 0.25) is 5.82 Å². The summed E-state index contributed by atoms with van der Waals surface area (Å²) in [5.74, 6) is -24.4. The van der Waals surface area contributed by atoms with Crippen LogP contribution in [-0.2, 0) is 5.92 Å². The highest BCUT2D eigenvalue weighted by atomic mass is 19.4. The molecule has 0 aliphatic carbocycles. The molecule has 0 bridgehead atoms.